The summed E-state index contributed by atoms with van der Waals surface area (Å²) in [5.41, 5.74) is 1.03. The molecular weight excluding hydrogens is 410 g/mol. The maximum Gasteiger partial charge on any atom is 0.363 e. The summed E-state index contributed by atoms with van der Waals surface area (Å²) in [4.78, 5) is 24.5. The van der Waals surface area contributed by atoms with Gasteiger partial charge < -0.3 is 14.8 Å². The van der Waals surface area contributed by atoms with Crippen molar-refractivity contribution in [1.82, 2.24) is 9.78 Å². The summed E-state index contributed by atoms with van der Waals surface area (Å²) in [5, 5.41) is 6.69. The number of hydrogen-bond donors (Lipinski definition) is 1. The average Bonchev–Trinajstić information content (AvgIpc) is 3.17. The number of nitrogens with zero attached hydrogens (tertiary/aromatic N) is 2. The van der Waals surface area contributed by atoms with Gasteiger partial charge in [0.1, 0.15) is 0 Å². The predicted octanol–water partition coefficient (Wildman–Crippen LogP) is 2.08. The molecule has 0 saturated carbocycles. The number of rotatable bonds is 7. The molecule has 0 radical (unpaired) electrons. The van der Waals surface area contributed by atoms with E-state index in [4.69, 9.17) is 9.47 Å². The fraction of sp³-hybridized carbons (Fsp3) is 0.150. The molecule has 0 saturated heterocycles. The lowest BCUT2D eigenvalue weighted by Gasteiger charge is -2.07. The molecule has 2 aromatic carbocycles. The summed E-state index contributed by atoms with van der Waals surface area (Å²) in [6, 6.07) is 14.8. The monoisotopic (exact) mass is 429 g/mol. The molecule has 3 rings (SSSR count). The van der Waals surface area contributed by atoms with Crippen molar-refractivity contribution < 1.29 is 27.5 Å². The largest absolute Gasteiger partial charge is 0.493 e. The zero-order valence-electron chi connectivity index (χ0n) is 16.2. The van der Waals surface area contributed by atoms with E-state index in [-0.39, 0.29) is 16.3 Å². The number of carbonyl (C=O) groups is 2. The Morgan fingerprint density at radius 3 is 2.33 bits per heavy atom. The van der Waals surface area contributed by atoms with Crippen molar-refractivity contribution in [2.24, 2.45) is 0 Å². The van der Waals surface area contributed by atoms with Gasteiger partial charge >= 0.3 is 5.97 Å². The molecule has 0 aliphatic carbocycles. The van der Waals surface area contributed by atoms with Gasteiger partial charge in [0.25, 0.3) is 5.91 Å². The Morgan fingerprint density at radius 2 is 1.73 bits per heavy atom. The number of methoxy groups -OCH3 is 1. The SMILES string of the molecule is COc1cn(-c2ccccc2)nc1C(=O)OCC(=O)Nc1ccc(S(C)(=O)=O)cc1. The van der Waals surface area contributed by atoms with Crippen molar-refractivity contribution in [1.29, 1.82) is 0 Å². The number of sulfone groups is 1. The molecule has 0 aliphatic heterocycles. The molecule has 1 N–H and O–H groups in total. The standard InChI is InChI=1S/C20H19N3O6S/c1-28-17-12-23(15-6-4-3-5-7-15)22-19(17)20(25)29-13-18(24)21-14-8-10-16(11-9-14)30(2,26)27/h3-12H,13H2,1-2H3,(H,21,24). The lowest BCUT2D eigenvalue weighted by molar-refractivity contribution is -0.119. The summed E-state index contributed by atoms with van der Waals surface area (Å²) in [5.74, 6) is -1.19. The minimum absolute atomic E-state index is 0.0633. The highest BCUT2D eigenvalue weighted by atomic mass is 32.2. The third-order valence-electron chi connectivity index (χ3n) is 4.02. The Hall–Kier alpha value is -3.66. The van der Waals surface area contributed by atoms with Crippen LogP contribution in [0.4, 0.5) is 5.69 Å². The molecule has 1 heterocycles. The summed E-state index contributed by atoms with van der Waals surface area (Å²) < 4.78 is 34.6. The topological polar surface area (TPSA) is 117 Å². The van der Waals surface area contributed by atoms with Gasteiger partial charge in [-0.15, -0.1) is 0 Å². The van der Waals surface area contributed by atoms with Crippen LogP contribution in [0.25, 0.3) is 5.69 Å². The number of anilines is 1. The molecule has 10 heteroatoms. The summed E-state index contributed by atoms with van der Waals surface area (Å²) in [6.07, 6.45) is 2.63. The molecule has 3 aromatic rings. The average molecular weight is 429 g/mol. The van der Waals surface area contributed by atoms with Crippen molar-refractivity contribution in [3.05, 3.63) is 66.5 Å². The molecule has 0 spiro atoms. The third kappa shape index (κ3) is 5.03. The maximum atomic E-state index is 12.4. The molecule has 9 nitrogen and oxygen atoms in total. The van der Waals surface area contributed by atoms with E-state index in [1.807, 2.05) is 30.3 Å². The molecule has 0 atom stereocenters. The molecular formula is C20H19N3O6S. The smallest absolute Gasteiger partial charge is 0.363 e. The molecule has 0 fully saturated rings. The zero-order chi connectivity index (χ0) is 21.7. The van der Waals surface area contributed by atoms with Gasteiger partial charge in [-0.2, -0.15) is 5.10 Å². The lowest BCUT2D eigenvalue weighted by Crippen LogP contribution is -2.21. The number of benzene rings is 2. The number of carbonyl (C=O) groups excluding carboxylic acids is 2. The fourth-order valence-corrected chi connectivity index (χ4v) is 3.17. The van der Waals surface area contributed by atoms with Crippen LogP contribution in [0.15, 0.2) is 65.7 Å². The highest BCUT2D eigenvalue weighted by Gasteiger charge is 2.21. The second kappa shape index (κ2) is 8.78. The van der Waals surface area contributed by atoms with Gasteiger partial charge in [-0.3, -0.25) is 4.79 Å². The van der Waals surface area contributed by atoms with Gasteiger partial charge in [0.15, 0.2) is 22.2 Å². The first-order valence-corrected chi connectivity index (χ1v) is 10.6. The Kier molecular flexibility index (Phi) is 6.17. The van der Waals surface area contributed by atoms with E-state index in [1.54, 1.807) is 0 Å². The Labute approximate surface area is 173 Å². The highest BCUT2D eigenvalue weighted by Crippen LogP contribution is 2.20. The number of esters is 1. The summed E-state index contributed by atoms with van der Waals surface area (Å²) >= 11 is 0. The van der Waals surface area contributed by atoms with E-state index in [2.05, 4.69) is 10.4 Å². The predicted molar refractivity (Wildman–Crippen MR) is 109 cm³/mol. The summed E-state index contributed by atoms with van der Waals surface area (Å²) in [7, 11) is -1.93. The van der Waals surface area contributed by atoms with E-state index in [0.717, 1.165) is 11.9 Å². The molecule has 0 unspecified atom stereocenters. The van der Waals surface area contributed by atoms with Crippen LogP contribution < -0.4 is 10.1 Å². The van der Waals surface area contributed by atoms with Gasteiger partial charge in [0.2, 0.25) is 5.69 Å². The van der Waals surface area contributed by atoms with Gasteiger partial charge in [0, 0.05) is 11.9 Å². The van der Waals surface area contributed by atoms with Crippen molar-refractivity contribution in [2.75, 3.05) is 25.3 Å². The van der Waals surface area contributed by atoms with E-state index >= 15 is 0 Å². The van der Waals surface area contributed by atoms with Gasteiger partial charge in [-0.25, -0.2) is 17.9 Å². The molecule has 30 heavy (non-hydrogen) atoms. The Morgan fingerprint density at radius 1 is 1.07 bits per heavy atom. The van der Waals surface area contributed by atoms with E-state index in [9.17, 15) is 18.0 Å². The van der Waals surface area contributed by atoms with Crippen LogP contribution in [0.5, 0.6) is 5.75 Å². The fourth-order valence-electron chi connectivity index (χ4n) is 2.54. The van der Waals surface area contributed by atoms with Crippen LogP contribution >= 0.6 is 0 Å². The van der Waals surface area contributed by atoms with Crippen molar-refractivity contribution in [3.63, 3.8) is 0 Å². The van der Waals surface area contributed by atoms with Crippen LogP contribution in [0.1, 0.15) is 10.5 Å². The van der Waals surface area contributed by atoms with E-state index < -0.39 is 28.3 Å². The first-order valence-electron chi connectivity index (χ1n) is 8.74. The molecule has 1 amide bonds. The molecule has 1 aromatic heterocycles. The Bertz CT molecular complexity index is 1160. The number of ether oxygens (including phenoxy) is 2. The zero-order valence-corrected chi connectivity index (χ0v) is 17.0. The van der Waals surface area contributed by atoms with Crippen LogP contribution in [-0.4, -0.2) is 50.0 Å². The van der Waals surface area contributed by atoms with Crippen LogP contribution in [-0.2, 0) is 19.4 Å². The van der Waals surface area contributed by atoms with Crippen molar-refractivity contribution in [3.8, 4) is 11.4 Å². The number of amides is 1. The molecule has 156 valence electrons. The first-order chi connectivity index (χ1) is 14.3. The number of nitrogens with one attached hydrogen (secondary N) is 1. The molecule has 0 bridgehead atoms. The lowest BCUT2D eigenvalue weighted by atomic mass is 10.3. The van der Waals surface area contributed by atoms with E-state index in [0.29, 0.717) is 5.69 Å². The van der Waals surface area contributed by atoms with Crippen LogP contribution in [0, 0.1) is 0 Å². The number of hydrogen-bond acceptors (Lipinski definition) is 7. The third-order valence-corrected chi connectivity index (χ3v) is 5.14. The maximum absolute atomic E-state index is 12.4. The van der Waals surface area contributed by atoms with Crippen molar-refractivity contribution >= 4 is 27.4 Å². The number of para-hydroxylation sites is 1. The van der Waals surface area contributed by atoms with Gasteiger partial charge in [-0.05, 0) is 36.4 Å². The van der Waals surface area contributed by atoms with Gasteiger partial charge in [-0.1, -0.05) is 18.2 Å². The molecule has 0 aliphatic rings. The Balaban J connectivity index is 1.62. The summed E-state index contributed by atoms with van der Waals surface area (Å²) in [6.45, 7) is -0.548. The minimum Gasteiger partial charge on any atom is -0.493 e. The normalized spacial score (nSPS) is 11.0. The minimum atomic E-state index is -3.33. The van der Waals surface area contributed by atoms with E-state index in [1.165, 1.54) is 42.3 Å². The van der Waals surface area contributed by atoms with Crippen molar-refractivity contribution in [2.45, 2.75) is 4.90 Å². The quantitative estimate of drug-likeness (QED) is 0.572. The van der Waals surface area contributed by atoms with Gasteiger partial charge in [0.05, 0.1) is 23.9 Å². The second-order valence-electron chi connectivity index (χ2n) is 6.25. The first kappa shape index (κ1) is 21.1. The van der Waals surface area contributed by atoms with Crippen LogP contribution in [0.3, 0.4) is 0 Å². The highest BCUT2D eigenvalue weighted by molar-refractivity contribution is 7.90. The number of aromatic nitrogens is 2. The second-order valence-corrected chi connectivity index (χ2v) is 8.26. The van der Waals surface area contributed by atoms with Crippen LogP contribution in [0.2, 0.25) is 0 Å².